The summed E-state index contributed by atoms with van der Waals surface area (Å²) in [6, 6.07) is 0.431. The van der Waals surface area contributed by atoms with Crippen LogP contribution in [0.5, 0.6) is 0 Å². The predicted molar refractivity (Wildman–Crippen MR) is 64.8 cm³/mol. The summed E-state index contributed by atoms with van der Waals surface area (Å²) in [5.41, 5.74) is 0.645. The molecule has 0 aromatic carbocycles. The molecule has 6 nitrogen and oxygen atoms in total. The first-order valence-corrected chi connectivity index (χ1v) is 6.15. The van der Waals surface area contributed by atoms with Crippen molar-refractivity contribution in [3.63, 3.8) is 0 Å². The van der Waals surface area contributed by atoms with Crippen molar-refractivity contribution >= 4 is 0 Å². The third-order valence-electron chi connectivity index (χ3n) is 3.44. The van der Waals surface area contributed by atoms with Crippen molar-refractivity contribution < 1.29 is 4.52 Å². The van der Waals surface area contributed by atoms with Crippen molar-refractivity contribution in [2.75, 3.05) is 7.05 Å². The monoisotopic (exact) mass is 245 g/mol. The Morgan fingerprint density at radius 1 is 1.33 bits per heavy atom. The topological polar surface area (TPSA) is 76.7 Å². The number of rotatable bonds is 3. The summed E-state index contributed by atoms with van der Waals surface area (Å²) in [5.74, 6) is 1.53. The molecule has 2 unspecified atom stereocenters. The smallest absolute Gasteiger partial charge is 0.231 e. The molecule has 18 heavy (non-hydrogen) atoms. The third kappa shape index (κ3) is 1.99. The summed E-state index contributed by atoms with van der Waals surface area (Å²) < 4.78 is 5.37. The summed E-state index contributed by atoms with van der Waals surface area (Å²) in [6.45, 7) is 0. The Kier molecular flexibility index (Phi) is 3.02. The van der Waals surface area contributed by atoms with E-state index < -0.39 is 0 Å². The van der Waals surface area contributed by atoms with E-state index in [0.717, 1.165) is 12.8 Å². The molecule has 0 bridgehead atoms. The van der Waals surface area contributed by atoms with Crippen molar-refractivity contribution in [3.8, 4) is 11.5 Å². The second-order valence-corrected chi connectivity index (χ2v) is 4.48. The van der Waals surface area contributed by atoms with Gasteiger partial charge in [0.25, 0.3) is 0 Å². The van der Waals surface area contributed by atoms with Crippen LogP contribution in [0.3, 0.4) is 0 Å². The minimum absolute atomic E-state index is 0.313. The minimum atomic E-state index is 0.313. The van der Waals surface area contributed by atoms with Crippen LogP contribution in [-0.4, -0.2) is 33.2 Å². The van der Waals surface area contributed by atoms with Crippen LogP contribution < -0.4 is 5.32 Å². The molecule has 1 saturated carbocycles. The molecule has 0 radical (unpaired) electrons. The number of likely N-dealkylation sites (N-methyl/N-ethyl adjacent to an activating group) is 1. The van der Waals surface area contributed by atoms with Crippen LogP contribution in [0.4, 0.5) is 0 Å². The molecule has 1 N–H and O–H groups in total. The lowest BCUT2D eigenvalue weighted by Crippen LogP contribution is -2.27. The van der Waals surface area contributed by atoms with E-state index in [0.29, 0.717) is 29.4 Å². The Bertz CT molecular complexity index is 512. The van der Waals surface area contributed by atoms with Crippen LogP contribution in [0.15, 0.2) is 23.1 Å². The average molecular weight is 245 g/mol. The van der Waals surface area contributed by atoms with E-state index >= 15 is 0 Å². The molecule has 2 heterocycles. The molecule has 3 rings (SSSR count). The number of aromatic nitrogens is 4. The zero-order valence-corrected chi connectivity index (χ0v) is 10.2. The van der Waals surface area contributed by atoms with Gasteiger partial charge in [0.1, 0.15) is 5.69 Å². The minimum Gasteiger partial charge on any atom is -0.339 e. The Morgan fingerprint density at radius 2 is 2.28 bits per heavy atom. The van der Waals surface area contributed by atoms with Gasteiger partial charge in [0, 0.05) is 18.4 Å². The average Bonchev–Trinajstić information content (AvgIpc) is 3.08. The molecule has 2 aromatic heterocycles. The van der Waals surface area contributed by atoms with Crippen LogP contribution in [0, 0.1) is 0 Å². The van der Waals surface area contributed by atoms with E-state index in [2.05, 4.69) is 25.4 Å². The second-order valence-electron chi connectivity index (χ2n) is 4.48. The lowest BCUT2D eigenvalue weighted by molar-refractivity contribution is 0.335. The second kappa shape index (κ2) is 4.81. The van der Waals surface area contributed by atoms with Crippen molar-refractivity contribution in [2.45, 2.75) is 31.2 Å². The lowest BCUT2D eigenvalue weighted by Gasteiger charge is -2.14. The molecular formula is C12H15N5O. The van der Waals surface area contributed by atoms with Crippen LogP contribution in [0.1, 0.15) is 31.1 Å². The van der Waals surface area contributed by atoms with Crippen molar-refractivity contribution in [2.24, 2.45) is 0 Å². The summed E-state index contributed by atoms with van der Waals surface area (Å²) in [6.07, 6.45) is 8.32. The predicted octanol–water partition coefficient (Wildman–Crippen LogP) is 1.38. The highest BCUT2D eigenvalue weighted by molar-refractivity contribution is 5.45. The largest absolute Gasteiger partial charge is 0.339 e. The Labute approximate surface area is 105 Å². The molecular weight excluding hydrogens is 230 g/mol. The summed E-state index contributed by atoms with van der Waals surface area (Å²) >= 11 is 0. The van der Waals surface area contributed by atoms with Gasteiger partial charge in [0.05, 0.1) is 12.1 Å². The zero-order chi connectivity index (χ0) is 12.4. The van der Waals surface area contributed by atoms with E-state index in [1.54, 1.807) is 18.6 Å². The van der Waals surface area contributed by atoms with Crippen LogP contribution in [0.2, 0.25) is 0 Å². The van der Waals surface area contributed by atoms with Gasteiger partial charge in [-0.15, -0.1) is 0 Å². The molecule has 1 aliphatic rings. The molecule has 94 valence electrons. The Morgan fingerprint density at radius 3 is 3.06 bits per heavy atom. The van der Waals surface area contributed by atoms with Crippen molar-refractivity contribution in [1.82, 2.24) is 25.4 Å². The maximum absolute atomic E-state index is 5.37. The van der Waals surface area contributed by atoms with Gasteiger partial charge in [-0.1, -0.05) is 11.6 Å². The van der Waals surface area contributed by atoms with E-state index in [9.17, 15) is 0 Å². The Hall–Kier alpha value is -1.82. The fourth-order valence-corrected chi connectivity index (χ4v) is 2.51. The van der Waals surface area contributed by atoms with E-state index in [4.69, 9.17) is 4.52 Å². The first-order chi connectivity index (χ1) is 8.88. The summed E-state index contributed by atoms with van der Waals surface area (Å²) in [7, 11) is 1.98. The zero-order valence-electron chi connectivity index (χ0n) is 10.2. The van der Waals surface area contributed by atoms with Gasteiger partial charge in [-0.2, -0.15) is 4.98 Å². The highest BCUT2D eigenvalue weighted by Gasteiger charge is 2.31. The molecule has 0 spiro atoms. The summed E-state index contributed by atoms with van der Waals surface area (Å²) in [4.78, 5) is 12.6. The molecule has 0 amide bonds. The van der Waals surface area contributed by atoms with Gasteiger partial charge in [-0.25, -0.2) is 4.98 Å². The van der Waals surface area contributed by atoms with E-state index in [1.807, 2.05) is 7.05 Å². The number of hydrogen-bond acceptors (Lipinski definition) is 6. The van der Waals surface area contributed by atoms with Crippen molar-refractivity contribution in [3.05, 3.63) is 24.5 Å². The fraction of sp³-hybridized carbons (Fsp3) is 0.500. The maximum atomic E-state index is 5.37. The normalized spacial score (nSPS) is 23.4. The number of nitrogens with one attached hydrogen (secondary N) is 1. The first-order valence-electron chi connectivity index (χ1n) is 6.15. The van der Waals surface area contributed by atoms with E-state index in [-0.39, 0.29) is 0 Å². The van der Waals surface area contributed by atoms with Gasteiger partial charge < -0.3 is 9.84 Å². The molecule has 6 heteroatoms. The molecule has 0 saturated heterocycles. The number of nitrogens with zero attached hydrogens (tertiary/aromatic N) is 4. The van der Waals surface area contributed by atoms with Gasteiger partial charge in [0.2, 0.25) is 11.7 Å². The van der Waals surface area contributed by atoms with Gasteiger partial charge >= 0.3 is 0 Å². The molecule has 1 fully saturated rings. The van der Waals surface area contributed by atoms with Crippen LogP contribution in [-0.2, 0) is 0 Å². The quantitative estimate of drug-likeness (QED) is 0.880. The highest BCUT2D eigenvalue weighted by Crippen LogP contribution is 2.34. The first kappa shape index (κ1) is 11.3. The standard InChI is InChI=1S/C12H15N5O/c1-13-9-4-2-3-8(9)12-16-11(17-18-12)10-7-14-5-6-15-10/h5-9,13H,2-4H2,1H3. The fourth-order valence-electron chi connectivity index (χ4n) is 2.51. The number of hydrogen-bond donors (Lipinski definition) is 1. The maximum Gasteiger partial charge on any atom is 0.231 e. The molecule has 2 atom stereocenters. The van der Waals surface area contributed by atoms with Crippen LogP contribution in [0.25, 0.3) is 11.5 Å². The van der Waals surface area contributed by atoms with Gasteiger partial charge in [-0.05, 0) is 19.9 Å². The van der Waals surface area contributed by atoms with E-state index in [1.165, 1.54) is 6.42 Å². The molecule has 0 aliphatic heterocycles. The van der Waals surface area contributed by atoms with Crippen molar-refractivity contribution in [1.29, 1.82) is 0 Å². The molecule has 2 aromatic rings. The SMILES string of the molecule is CNC1CCCC1c1nc(-c2cnccn2)no1. The highest BCUT2D eigenvalue weighted by atomic mass is 16.5. The third-order valence-corrected chi connectivity index (χ3v) is 3.44. The Balaban J connectivity index is 1.86. The van der Waals surface area contributed by atoms with Crippen LogP contribution >= 0.6 is 0 Å². The van der Waals surface area contributed by atoms with Gasteiger partial charge in [-0.3, -0.25) is 4.98 Å². The van der Waals surface area contributed by atoms with Gasteiger partial charge in [0.15, 0.2) is 0 Å². The molecule has 1 aliphatic carbocycles. The summed E-state index contributed by atoms with van der Waals surface area (Å²) in [5, 5.41) is 7.29. The lowest BCUT2D eigenvalue weighted by atomic mass is 10.0.